The number of amides is 1. The SMILES string of the molecule is Cc1ccccc1CN(C)C(=O)CN1CCCC1c1cccs1. The first-order valence-corrected chi connectivity index (χ1v) is 9.09. The number of carbonyl (C=O) groups excluding carboxylic acids is 1. The highest BCUT2D eigenvalue weighted by molar-refractivity contribution is 7.10. The molecule has 4 heteroatoms. The highest BCUT2D eigenvalue weighted by Crippen LogP contribution is 2.34. The van der Waals surface area contributed by atoms with E-state index in [1.807, 2.05) is 24.1 Å². The molecule has 2 aromatic rings. The van der Waals surface area contributed by atoms with E-state index >= 15 is 0 Å². The maximum absolute atomic E-state index is 12.6. The molecule has 0 saturated carbocycles. The lowest BCUT2D eigenvalue weighted by Gasteiger charge is -2.26. The summed E-state index contributed by atoms with van der Waals surface area (Å²) in [6, 6.07) is 13.0. The van der Waals surface area contributed by atoms with E-state index in [2.05, 4.69) is 41.5 Å². The molecule has 0 bridgehead atoms. The highest BCUT2D eigenvalue weighted by atomic mass is 32.1. The molecule has 2 heterocycles. The molecule has 0 N–H and O–H groups in total. The fourth-order valence-corrected chi connectivity index (χ4v) is 4.14. The van der Waals surface area contributed by atoms with E-state index in [1.165, 1.54) is 22.4 Å². The van der Waals surface area contributed by atoms with Crippen LogP contribution in [-0.2, 0) is 11.3 Å². The minimum absolute atomic E-state index is 0.205. The number of hydrogen-bond donors (Lipinski definition) is 0. The highest BCUT2D eigenvalue weighted by Gasteiger charge is 2.28. The maximum atomic E-state index is 12.6. The molecule has 1 amide bonds. The second kappa shape index (κ2) is 7.28. The summed E-state index contributed by atoms with van der Waals surface area (Å²) in [6.07, 6.45) is 2.34. The van der Waals surface area contributed by atoms with Crippen molar-refractivity contribution >= 4 is 17.2 Å². The molecule has 3 nitrogen and oxygen atoms in total. The van der Waals surface area contributed by atoms with Gasteiger partial charge in [0, 0.05) is 24.5 Å². The molecule has 1 aliphatic rings. The summed E-state index contributed by atoms with van der Waals surface area (Å²) in [5.41, 5.74) is 2.46. The molecule has 23 heavy (non-hydrogen) atoms. The molecule has 1 aliphatic heterocycles. The second-order valence-electron chi connectivity index (χ2n) is 6.32. The van der Waals surface area contributed by atoms with E-state index in [4.69, 9.17) is 0 Å². The van der Waals surface area contributed by atoms with Gasteiger partial charge in [-0.15, -0.1) is 11.3 Å². The van der Waals surface area contributed by atoms with Gasteiger partial charge in [-0.05, 0) is 48.9 Å². The van der Waals surface area contributed by atoms with Crippen LogP contribution in [0.3, 0.4) is 0 Å². The van der Waals surface area contributed by atoms with Crippen molar-refractivity contribution in [2.24, 2.45) is 0 Å². The standard InChI is InChI=1S/C19H24N2OS/c1-15-7-3-4-8-16(15)13-20(2)19(22)14-21-11-5-9-17(21)18-10-6-12-23-18/h3-4,6-8,10,12,17H,5,9,11,13-14H2,1-2H3. The van der Waals surface area contributed by atoms with Crippen LogP contribution in [0.5, 0.6) is 0 Å². The molecule has 3 rings (SSSR count). The van der Waals surface area contributed by atoms with Crippen LogP contribution in [-0.4, -0.2) is 35.8 Å². The maximum Gasteiger partial charge on any atom is 0.236 e. The zero-order chi connectivity index (χ0) is 16.2. The van der Waals surface area contributed by atoms with E-state index in [9.17, 15) is 4.79 Å². The number of nitrogens with zero attached hydrogens (tertiary/aromatic N) is 2. The Morgan fingerprint density at radius 3 is 2.87 bits per heavy atom. The van der Waals surface area contributed by atoms with Gasteiger partial charge >= 0.3 is 0 Å². The van der Waals surface area contributed by atoms with Gasteiger partial charge < -0.3 is 4.90 Å². The molecule has 0 spiro atoms. The summed E-state index contributed by atoms with van der Waals surface area (Å²) < 4.78 is 0. The number of aryl methyl sites for hydroxylation is 1. The topological polar surface area (TPSA) is 23.6 Å². The number of benzene rings is 1. The summed E-state index contributed by atoms with van der Waals surface area (Å²) in [4.78, 5) is 18.2. The predicted octanol–water partition coefficient (Wildman–Crippen LogP) is 3.85. The van der Waals surface area contributed by atoms with Gasteiger partial charge in [0.05, 0.1) is 6.54 Å². The molecular weight excluding hydrogens is 304 g/mol. The summed E-state index contributed by atoms with van der Waals surface area (Å²) in [5, 5.41) is 2.12. The van der Waals surface area contributed by atoms with Crippen LogP contribution in [0.25, 0.3) is 0 Å². The molecule has 1 unspecified atom stereocenters. The monoisotopic (exact) mass is 328 g/mol. The van der Waals surface area contributed by atoms with Gasteiger partial charge in [0.1, 0.15) is 0 Å². The number of thiophene rings is 1. The van der Waals surface area contributed by atoms with Crippen LogP contribution in [0.1, 0.15) is 34.9 Å². The van der Waals surface area contributed by atoms with E-state index in [0.717, 1.165) is 13.0 Å². The van der Waals surface area contributed by atoms with Crippen molar-refractivity contribution in [3.05, 3.63) is 57.8 Å². The average molecular weight is 328 g/mol. The van der Waals surface area contributed by atoms with Crippen molar-refractivity contribution in [2.45, 2.75) is 32.4 Å². The van der Waals surface area contributed by atoms with Crippen molar-refractivity contribution < 1.29 is 4.79 Å². The Labute approximate surface area is 142 Å². The van der Waals surface area contributed by atoms with Crippen molar-refractivity contribution in [1.82, 2.24) is 9.80 Å². The molecule has 122 valence electrons. The molecule has 0 radical (unpaired) electrons. The lowest BCUT2D eigenvalue weighted by molar-refractivity contribution is -0.131. The van der Waals surface area contributed by atoms with Crippen LogP contribution in [0.2, 0.25) is 0 Å². The third kappa shape index (κ3) is 3.82. The Morgan fingerprint density at radius 1 is 1.30 bits per heavy atom. The largest absolute Gasteiger partial charge is 0.340 e. The van der Waals surface area contributed by atoms with Gasteiger partial charge in [-0.2, -0.15) is 0 Å². The molecule has 1 fully saturated rings. The number of rotatable bonds is 5. The van der Waals surface area contributed by atoms with Crippen LogP contribution in [0.4, 0.5) is 0 Å². The smallest absolute Gasteiger partial charge is 0.236 e. The Morgan fingerprint density at radius 2 is 2.13 bits per heavy atom. The zero-order valence-corrected chi connectivity index (χ0v) is 14.7. The first-order valence-electron chi connectivity index (χ1n) is 8.21. The first kappa shape index (κ1) is 16.2. The van der Waals surface area contributed by atoms with E-state index in [1.54, 1.807) is 11.3 Å². The zero-order valence-electron chi connectivity index (χ0n) is 13.9. The van der Waals surface area contributed by atoms with Gasteiger partial charge in [-0.1, -0.05) is 30.3 Å². The van der Waals surface area contributed by atoms with Crippen LogP contribution >= 0.6 is 11.3 Å². The molecule has 1 aromatic heterocycles. The van der Waals surface area contributed by atoms with Gasteiger partial charge in [0.15, 0.2) is 0 Å². The quantitative estimate of drug-likeness (QED) is 0.832. The van der Waals surface area contributed by atoms with E-state index in [0.29, 0.717) is 19.1 Å². The van der Waals surface area contributed by atoms with Crippen LogP contribution < -0.4 is 0 Å². The Bertz CT molecular complexity index is 653. The van der Waals surface area contributed by atoms with E-state index in [-0.39, 0.29) is 5.91 Å². The fourth-order valence-electron chi connectivity index (χ4n) is 3.24. The third-order valence-electron chi connectivity index (χ3n) is 4.67. The molecule has 1 atom stereocenters. The van der Waals surface area contributed by atoms with Crippen LogP contribution in [0, 0.1) is 6.92 Å². The molecular formula is C19H24N2OS. The minimum Gasteiger partial charge on any atom is -0.340 e. The van der Waals surface area contributed by atoms with E-state index < -0.39 is 0 Å². The van der Waals surface area contributed by atoms with Gasteiger partial charge in [-0.3, -0.25) is 9.69 Å². The van der Waals surface area contributed by atoms with Crippen molar-refractivity contribution in [2.75, 3.05) is 20.1 Å². The molecule has 1 saturated heterocycles. The first-order chi connectivity index (χ1) is 11.1. The Hall–Kier alpha value is -1.65. The molecule has 1 aromatic carbocycles. The van der Waals surface area contributed by atoms with Crippen molar-refractivity contribution in [1.29, 1.82) is 0 Å². The summed E-state index contributed by atoms with van der Waals surface area (Å²) >= 11 is 1.80. The van der Waals surface area contributed by atoms with Crippen molar-refractivity contribution in [3.8, 4) is 0 Å². The number of hydrogen-bond acceptors (Lipinski definition) is 3. The Kier molecular flexibility index (Phi) is 5.13. The summed E-state index contributed by atoms with van der Waals surface area (Å²) in [7, 11) is 1.91. The number of likely N-dealkylation sites (N-methyl/N-ethyl adjacent to an activating group) is 1. The third-order valence-corrected chi connectivity index (χ3v) is 5.64. The van der Waals surface area contributed by atoms with Gasteiger partial charge in [0.25, 0.3) is 0 Å². The van der Waals surface area contributed by atoms with Gasteiger partial charge in [0.2, 0.25) is 5.91 Å². The van der Waals surface area contributed by atoms with Gasteiger partial charge in [-0.25, -0.2) is 0 Å². The van der Waals surface area contributed by atoms with Crippen LogP contribution in [0.15, 0.2) is 41.8 Å². The van der Waals surface area contributed by atoms with Crippen molar-refractivity contribution in [3.63, 3.8) is 0 Å². The normalized spacial score (nSPS) is 18.3. The summed E-state index contributed by atoms with van der Waals surface area (Å²) in [6.45, 7) is 4.32. The Balaban J connectivity index is 1.61. The average Bonchev–Trinajstić information content (AvgIpc) is 3.20. The predicted molar refractivity (Wildman–Crippen MR) is 95.5 cm³/mol. The minimum atomic E-state index is 0.205. The number of carbonyl (C=O) groups is 1. The lowest BCUT2D eigenvalue weighted by atomic mass is 10.1. The number of likely N-dealkylation sites (tertiary alicyclic amines) is 1. The lowest BCUT2D eigenvalue weighted by Crippen LogP contribution is -2.37. The fraction of sp³-hybridized carbons (Fsp3) is 0.421. The second-order valence-corrected chi connectivity index (χ2v) is 7.30. The summed E-state index contributed by atoms with van der Waals surface area (Å²) in [5.74, 6) is 0.205. The molecule has 0 aliphatic carbocycles.